The van der Waals surface area contributed by atoms with E-state index in [0.717, 1.165) is 11.2 Å². The highest BCUT2D eigenvalue weighted by Gasteiger charge is 2.16. The minimum atomic E-state index is -0.489. The number of carbonyl (C=O) groups excluding carboxylic acids is 1. The minimum absolute atomic E-state index is 0.0637. The Morgan fingerprint density at radius 1 is 1.33 bits per heavy atom. The molecule has 1 amide bonds. The summed E-state index contributed by atoms with van der Waals surface area (Å²) in [6, 6.07) is 8.00. The van der Waals surface area contributed by atoms with Crippen LogP contribution in [0.15, 0.2) is 36.5 Å². The molecule has 8 nitrogen and oxygen atoms in total. The Hall–Kier alpha value is -3.29. The second-order valence-corrected chi connectivity index (χ2v) is 5.45. The van der Waals surface area contributed by atoms with E-state index in [-0.39, 0.29) is 18.0 Å². The van der Waals surface area contributed by atoms with Gasteiger partial charge in [-0.25, -0.2) is 9.50 Å². The van der Waals surface area contributed by atoms with Gasteiger partial charge in [0, 0.05) is 11.6 Å². The largest absolute Gasteiger partial charge is 0.324 e. The smallest absolute Gasteiger partial charge is 0.273 e. The lowest BCUT2D eigenvalue weighted by Gasteiger charge is -2.07. The summed E-state index contributed by atoms with van der Waals surface area (Å²) in [6.45, 7) is 3.67. The molecule has 0 saturated heterocycles. The normalized spacial score (nSPS) is 10.8. The second-order valence-electron chi connectivity index (χ2n) is 5.45. The molecule has 0 aliphatic heterocycles. The maximum absolute atomic E-state index is 12.2. The molecule has 0 unspecified atom stereocenters. The molecule has 0 atom stereocenters. The SMILES string of the molecule is Cc1nc2c(C)cc(NC(=O)Cc3ccccc3[N+](=O)[O-])cn2n1. The van der Waals surface area contributed by atoms with Crippen LogP contribution in [0, 0.1) is 24.0 Å². The molecular weight excluding hydrogens is 310 g/mol. The number of nitro benzene ring substituents is 1. The number of nitrogens with one attached hydrogen (secondary N) is 1. The van der Waals surface area contributed by atoms with Crippen LogP contribution in [0.2, 0.25) is 0 Å². The maximum Gasteiger partial charge on any atom is 0.273 e. The summed E-state index contributed by atoms with van der Waals surface area (Å²) < 4.78 is 1.60. The van der Waals surface area contributed by atoms with Crippen molar-refractivity contribution in [2.24, 2.45) is 0 Å². The van der Waals surface area contributed by atoms with E-state index in [9.17, 15) is 14.9 Å². The van der Waals surface area contributed by atoms with Gasteiger partial charge in [-0.15, -0.1) is 0 Å². The number of nitrogens with zero attached hydrogens (tertiary/aromatic N) is 4. The third kappa shape index (κ3) is 3.07. The van der Waals surface area contributed by atoms with Gasteiger partial charge < -0.3 is 5.32 Å². The van der Waals surface area contributed by atoms with E-state index in [2.05, 4.69) is 15.4 Å². The van der Waals surface area contributed by atoms with Gasteiger partial charge in [0.05, 0.1) is 23.2 Å². The van der Waals surface area contributed by atoms with Crippen LogP contribution in [-0.2, 0) is 11.2 Å². The molecule has 122 valence electrons. The number of aromatic nitrogens is 3. The fourth-order valence-corrected chi connectivity index (χ4v) is 2.54. The molecule has 0 radical (unpaired) electrons. The fourth-order valence-electron chi connectivity index (χ4n) is 2.54. The molecule has 24 heavy (non-hydrogen) atoms. The molecule has 0 bridgehead atoms. The summed E-state index contributed by atoms with van der Waals surface area (Å²) in [6.07, 6.45) is 1.59. The Kier molecular flexibility index (Phi) is 3.95. The Morgan fingerprint density at radius 3 is 2.83 bits per heavy atom. The number of benzene rings is 1. The monoisotopic (exact) mass is 325 g/mol. The van der Waals surface area contributed by atoms with Gasteiger partial charge in [-0.1, -0.05) is 18.2 Å². The van der Waals surface area contributed by atoms with Crippen LogP contribution in [0.4, 0.5) is 11.4 Å². The number of carbonyl (C=O) groups is 1. The Bertz CT molecular complexity index is 948. The molecule has 8 heteroatoms. The van der Waals surface area contributed by atoms with E-state index in [1.54, 1.807) is 41.9 Å². The number of anilines is 1. The standard InChI is InChI=1S/C16H15N5O3/c1-10-7-13(9-20-16(10)17-11(2)19-20)18-15(22)8-12-5-3-4-6-14(12)21(23)24/h3-7,9H,8H2,1-2H3,(H,18,22). The van der Waals surface area contributed by atoms with Gasteiger partial charge in [-0.05, 0) is 25.5 Å². The molecule has 3 aromatic rings. The Labute approximate surface area is 137 Å². The van der Waals surface area contributed by atoms with Gasteiger partial charge in [-0.2, -0.15) is 5.10 Å². The first kappa shape index (κ1) is 15.6. The van der Waals surface area contributed by atoms with Crippen molar-refractivity contribution in [1.82, 2.24) is 14.6 Å². The Balaban J connectivity index is 1.82. The topological polar surface area (TPSA) is 102 Å². The summed E-state index contributed by atoms with van der Waals surface area (Å²) >= 11 is 0. The zero-order chi connectivity index (χ0) is 17.3. The van der Waals surface area contributed by atoms with Gasteiger partial charge in [0.15, 0.2) is 5.65 Å². The first-order chi connectivity index (χ1) is 11.4. The number of nitro groups is 1. The maximum atomic E-state index is 12.2. The van der Waals surface area contributed by atoms with Crippen molar-refractivity contribution in [2.45, 2.75) is 20.3 Å². The second kappa shape index (κ2) is 6.07. The number of para-hydroxylation sites is 1. The number of amides is 1. The van der Waals surface area contributed by atoms with Crippen molar-refractivity contribution < 1.29 is 9.72 Å². The van der Waals surface area contributed by atoms with Gasteiger partial charge in [0.25, 0.3) is 5.69 Å². The number of fused-ring (bicyclic) bond motifs is 1. The van der Waals surface area contributed by atoms with E-state index >= 15 is 0 Å². The Morgan fingerprint density at radius 2 is 2.08 bits per heavy atom. The lowest BCUT2D eigenvalue weighted by Crippen LogP contribution is -2.16. The lowest BCUT2D eigenvalue weighted by molar-refractivity contribution is -0.385. The molecule has 0 spiro atoms. The molecular formula is C16H15N5O3. The van der Waals surface area contributed by atoms with Crippen molar-refractivity contribution in [1.29, 1.82) is 0 Å². The van der Waals surface area contributed by atoms with Gasteiger partial charge >= 0.3 is 0 Å². The van der Waals surface area contributed by atoms with Crippen molar-refractivity contribution in [3.05, 3.63) is 63.6 Å². The number of hydrogen-bond acceptors (Lipinski definition) is 5. The van der Waals surface area contributed by atoms with Crippen LogP contribution in [0.25, 0.3) is 5.65 Å². The number of aryl methyl sites for hydroxylation is 2. The highest BCUT2D eigenvalue weighted by Crippen LogP contribution is 2.19. The molecule has 2 aromatic heterocycles. The van der Waals surface area contributed by atoms with E-state index in [1.807, 2.05) is 6.92 Å². The average molecular weight is 325 g/mol. The fraction of sp³-hybridized carbons (Fsp3) is 0.188. The molecule has 1 aromatic carbocycles. The summed E-state index contributed by atoms with van der Waals surface area (Å²) in [5, 5.41) is 18.0. The van der Waals surface area contributed by atoms with Crippen LogP contribution < -0.4 is 5.32 Å². The first-order valence-electron chi connectivity index (χ1n) is 7.30. The molecule has 1 N–H and O–H groups in total. The molecule has 0 aliphatic carbocycles. The number of hydrogen-bond donors (Lipinski definition) is 1. The number of rotatable bonds is 4. The minimum Gasteiger partial charge on any atom is -0.324 e. The predicted molar refractivity (Wildman–Crippen MR) is 87.9 cm³/mol. The van der Waals surface area contributed by atoms with Crippen molar-refractivity contribution in [3.63, 3.8) is 0 Å². The molecule has 0 saturated carbocycles. The highest BCUT2D eigenvalue weighted by atomic mass is 16.6. The molecule has 2 heterocycles. The van der Waals surface area contributed by atoms with E-state index in [0.29, 0.717) is 17.1 Å². The van der Waals surface area contributed by atoms with Crippen LogP contribution in [0.5, 0.6) is 0 Å². The third-order valence-corrected chi connectivity index (χ3v) is 3.55. The third-order valence-electron chi connectivity index (χ3n) is 3.55. The average Bonchev–Trinajstić information content (AvgIpc) is 2.88. The molecule has 0 aliphatic rings. The predicted octanol–water partition coefficient (Wildman–Crippen LogP) is 2.44. The zero-order valence-corrected chi connectivity index (χ0v) is 13.2. The van der Waals surface area contributed by atoms with Crippen LogP contribution in [-0.4, -0.2) is 25.4 Å². The van der Waals surface area contributed by atoms with Crippen LogP contribution in [0.3, 0.4) is 0 Å². The number of pyridine rings is 1. The summed E-state index contributed by atoms with van der Waals surface area (Å²) in [5.41, 5.74) is 2.47. The van der Waals surface area contributed by atoms with Crippen LogP contribution in [0.1, 0.15) is 17.0 Å². The van der Waals surface area contributed by atoms with Crippen molar-refractivity contribution in [2.75, 3.05) is 5.32 Å². The van der Waals surface area contributed by atoms with Gasteiger partial charge in [0.2, 0.25) is 5.91 Å². The molecule has 0 fully saturated rings. The first-order valence-corrected chi connectivity index (χ1v) is 7.30. The van der Waals surface area contributed by atoms with Gasteiger partial charge in [-0.3, -0.25) is 14.9 Å². The summed E-state index contributed by atoms with van der Waals surface area (Å²) in [5.74, 6) is 0.307. The highest BCUT2D eigenvalue weighted by molar-refractivity contribution is 5.93. The molecule has 3 rings (SSSR count). The van der Waals surface area contributed by atoms with E-state index in [1.165, 1.54) is 6.07 Å². The summed E-state index contributed by atoms with van der Waals surface area (Å²) in [4.78, 5) is 27.0. The summed E-state index contributed by atoms with van der Waals surface area (Å²) in [7, 11) is 0. The van der Waals surface area contributed by atoms with E-state index < -0.39 is 4.92 Å². The van der Waals surface area contributed by atoms with Crippen LogP contribution >= 0.6 is 0 Å². The van der Waals surface area contributed by atoms with E-state index in [4.69, 9.17) is 0 Å². The van der Waals surface area contributed by atoms with Crippen molar-refractivity contribution in [3.8, 4) is 0 Å². The quantitative estimate of drug-likeness (QED) is 0.586. The zero-order valence-electron chi connectivity index (χ0n) is 13.2. The van der Waals surface area contributed by atoms with Crippen molar-refractivity contribution >= 4 is 22.9 Å². The van der Waals surface area contributed by atoms with Gasteiger partial charge in [0.1, 0.15) is 5.82 Å². The lowest BCUT2D eigenvalue weighted by atomic mass is 10.1.